The lowest BCUT2D eigenvalue weighted by atomic mass is 10.0. The third kappa shape index (κ3) is 3.41. The van der Waals surface area contributed by atoms with E-state index in [9.17, 15) is 17.6 Å². The van der Waals surface area contributed by atoms with Crippen molar-refractivity contribution in [2.24, 2.45) is 7.05 Å². The van der Waals surface area contributed by atoms with Crippen molar-refractivity contribution in [1.29, 1.82) is 0 Å². The second-order valence-electron chi connectivity index (χ2n) is 4.69. The molecule has 0 amide bonds. The summed E-state index contributed by atoms with van der Waals surface area (Å²) >= 11 is 0. The minimum absolute atomic E-state index is 0.323. The van der Waals surface area contributed by atoms with Crippen molar-refractivity contribution in [2.75, 3.05) is 6.54 Å². The molecule has 1 heterocycles. The number of rotatable bonds is 4. The van der Waals surface area contributed by atoms with E-state index >= 15 is 0 Å². The van der Waals surface area contributed by atoms with Gasteiger partial charge in [0.15, 0.2) is 0 Å². The molecule has 21 heavy (non-hydrogen) atoms. The summed E-state index contributed by atoms with van der Waals surface area (Å²) < 4.78 is 53.5. The van der Waals surface area contributed by atoms with Crippen molar-refractivity contribution >= 4 is 0 Å². The van der Waals surface area contributed by atoms with Crippen LogP contribution in [-0.4, -0.2) is 16.1 Å². The molecule has 2 rings (SSSR count). The topological polar surface area (TPSA) is 29.9 Å². The summed E-state index contributed by atoms with van der Waals surface area (Å²) in [6.07, 6.45) is -1.45. The molecule has 7 heteroatoms. The van der Waals surface area contributed by atoms with E-state index in [4.69, 9.17) is 0 Å². The second kappa shape index (κ2) is 5.85. The van der Waals surface area contributed by atoms with Gasteiger partial charge >= 0.3 is 6.18 Å². The molecule has 0 aliphatic rings. The van der Waals surface area contributed by atoms with Gasteiger partial charge in [0, 0.05) is 13.2 Å². The molecule has 0 saturated heterocycles. The van der Waals surface area contributed by atoms with E-state index in [0.717, 1.165) is 12.1 Å². The van der Waals surface area contributed by atoms with E-state index in [1.807, 2.05) is 6.92 Å². The Morgan fingerprint density at radius 2 is 2.05 bits per heavy atom. The van der Waals surface area contributed by atoms with Crippen LogP contribution in [0.1, 0.15) is 29.8 Å². The molecule has 1 N–H and O–H groups in total. The zero-order chi connectivity index (χ0) is 15.6. The molecule has 0 bridgehead atoms. The lowest BCUT2D eigenvalue weighted by molar-refractivity contribution is -0.140. The molecule has 1 unspecified atom stereocenters. The highest BCUT2D eigenvalue weighted by Crippen LogP contribution is 2.33. The number of hydrogen-bond donors (Lipinski definition) is 1. The Labute approximate surface area is 119 Å². The highest BCUT2D eigenvalue weighted by molar-refractivity contribution is 5.33. The fourth-order valence-electron chi connectivity index (χ4n) is 2.12. The number of imidazole rings is 1. The largest absolute Gasteiger partial charge is 0.419 e. The number of halogens is 4. The van der Waals surface area contributed by atoms with Crippen molar-refractivity contribution in [3.05, 3.63) is 53.4 Å². The van der Waals surface area contributed by atoms with Crippen LogP contribution in [-0.2, 0) is 13.2 Å². The Balaban J connectivity index is 2.46. The van der Waals surface area contributed by atoms with Crippen LogP contribution in [0.25, 0.3) is 0 Å². The smallest absolute Gasteiger partial charge is 0.340 e. The van der Waals surface area contributed by atoms with E-state index in [-0.39, 0.29) is 0 Å². The number of aromatic nitrogens is 2. The van der Waals surface area contributed by atoms with Crippen LogP contribution in [0.2, 0.25) is 0 Å². The summed E-state index contributed by atoms with van der Waals surface area (Å²) in [5.41, 5.74) is -0.359. The van der Waals surface area contributed by atoms with Gasteiger partial charge in [0.2, 0.25) is 0 Å². The van der Waals surface area contributed by atoms with Gasteiger partial charge in [-0.3, -0.25) is 0 Å². The van der Waals surface area contributed by atoms with Gasteiger partial charge in [-0.25, -0.2) is 9.37 Å². The average Bonchev–Trinajstić information content (AvgIpc) is 2.82. The maximum atomic E-state index is 13.4. The van der Waals surface area contributed by atoms with Crippen molar-refractivity contribution in [3.63, 3.8) is 0 Å². The molecule has 0 radical (unpaired) electrons. The first-order valence-corrected chi connectivity index (χ1v) is 6.40. The number of hydrogen-bond acceptors (Lipinski definition) is 2. The predicted molar refractivity (Wildman–Crippen MR) is 70.1 cm³/mol. The fraction of sp³-hybridized carbons (Fsp3) is 0.357. The van der Waals surface area contributed by atoms with Gasteiger partial charge in [0.25, 0.3) is 0 Å². The molecule has 0 aliphatic carbocycles. The zero-order valence-electron chi connectivity index (χ0n) is 11.6. The van der Waals surface area contributed by atoms with E-state index in [1.165, 1.54) is 6.07 Å². The Kier molecular flexibility index (Phi) is 4.32. The Morgan fingerprint density at radius 1 is 1.33 bits per heavy atom. The molecule has 1 aromatic heterocycles. The van der Waals surface area contributed by atoms with Gasteiger partial charge in [-0.05, 0) is 24.2 Å². The van der Waals surface area contributed by atoms with Gasteiger partial charge in [-0.1, -0.05) is 13.0 Å². The van der Waals surface area contributed by atoms with Crippen molar-refractivity contribution in [2.45, 2.75) is 19.1 Å². The minimum Gasteiger partial charge on any atom is -0.340 e. The zero-order valence-corrected chi connectivity index (χ0v) is 11.6. The van der Waals surface area contributed by atoms with Crippen LogP contribution in [0, 0.1) is 5.82 Å². The van der Waals surface area contributed by atoms with Crippen LogP contribution in [0.3, 0.4) is 0 Å². The van der Waals surface area contributed by atoms with Gasteiger partial charge in [-0.15, -0.1) is 0 Å². The Hall–Kier alpha value is -1.89. The highest BCUT2D eigenvalue weighted by atomic mass is 19.4. The molecular weight excluding hydrogens is 286 g/mol. The van der Waals surface area contributed by atoms with E-state index in [1.54, 1.807) is 24.1 Å². The first-order valence-electron chi connectivity index (χ1n) is 6.40. The molecule has 0 saturated carbocycles. The van der Waals surface area contributed by atoms with Gasteiger partial charge in [0.1, 0.15) is 5.82 Å². The number of benzene rings is 1. The van der Waals surface area contributed by atoms with Crippen molar-refractivity contribution in [3.8, 4) is 0 Å². The minimum atomic E-state index is -4.72. The first-order chi connectivity index (χ1) is 9.82. The molecule has 0 spiro atoms. The lowest BCUT2D eigenvalue weighted by Gasteiger charge is -2.18. The Morgan fingerprint density at radius 3 is 2.57 bits per heavy atom. The molecule has 0 aliphatic heterocycles. The van der Waals surface area contributed by atoms with Crippen LogP contribution < -0.4 is 5.32 Å². The van der Waals surface area contributed by atoms with Crippen LogP contribution >= 0.6 is 0 Å². The summed E-state index contributed by atoms with van der Waals surface area (Å²) in [5, 5.41) is 3.06. The van der Waals surface area contributed by atoms with Crippen LogP contribution in [0.5, 0.6) is 0 Å². The first kappa shape index (κ1) is 15.5. The van der Waals surface area contributed by atoms with Crippen molar-refractivity contribution in [1.82, 2.24) is 14.9 Å². The van der Waals surface area contributed by atoms with Gasteiger partial charge < -0.3 is 9.88 Å². The SMILES string of the molecule is CCNC(c1ccc(F)c(C(F)(F)F)c1)c1cn(C)cn1. The summed E-state index contributed by atoms with van der Waals surface area (Å²) in [5.74, 6) is -1.28. The highest BCUT2D eigenvalue weighted by Gasteiger charge is 2.35. The lowest BCUT2D eigenvalue weighted by Crippen LogP contribution is -2.23. The van der Waals surface area contributed by atoms with Gasteiger partial charge in [0.05, 0.1) is 23.6 Å². The van der Waals surface area contributed by atoms with E-state index in [2.05, 4.69) is 10.3 Å². The third-order valence-electron chi connectivity index (χ3n) is 3.06. The third-order valence-corrected chi connectivity index (χ3v) is 3.06. The molecule has 114 valence electrons. The summed E-state index contributed by atoms with van der Waals surface area (Å²) in [7, 11) is 1.77. The van der Waals surface area contributed by atoms with Crippen LogP contribution in [0.4, 0.5) is 17.6 Å². The average molecular weight is 301 g/mol. The van der Waals surface area contributed by atoms with E-state index < -0.39 is 23.6 Å². The molecule has 0 fully saturated rings. The monoisotopic (exact) mass is 301 g/mol. The van der Waals surface area contributed by atoms with Crippen molar-refractivity contribution < 1.29 is 17.6 Å². The van der Waals surface area contributed by atoms with Gasteiger partial charge in [-0.2, -0.15) is 13.2 Å². The van der Waals surface area contributed by atoms with E-state index in [0.29, 0.717) is 17.8 Å². The molecule has 1 atom stereocenters. The van der Waals surface area contributed by atoms with Crippen LogP contribution in [0.15, 0.2) is 30.7 Å². The molecule has 3 nitrogen and oxygen atoms in total. The molecule has 2 aromatic rings. The maximum Gasteiger partial charge on any atom is 0.419 e. The second-order valence-corrected chi connectivity index (χ2v) is 4.69. The number of nitrogens with one attached hydrogen (secondary N) is 1. The standard InChI is InChI=1S/C14H15F4N3/c1-3-19-13(12-7-21(2)8-20-12)9-4-5-11(15)10(6-9)14(16,17)18/h4-8,13,19H,3H2,1-2H3. The summed E-state index contributed by atoms with van der Waals surface area (Å²) in [6, 6.07) is 2.49. The predicted octanol–water partition coefficient (Wildman–Crippen LogP) is 3.28. The number of aryl methyl sites for hydroxylation is 1. The number of alkyl halides is 3. The number of nitrogens with zero attached hydrogens (tertiary/aromatic N) is 2. The molecule has 1 aromatic carbocycles. The molecular formula is C14H15F4N3. The summed E-state index contributed by atoms with van der Waals surface area (Å²) in [6.45, 7) is 2.38. The summed E-state index contributed by atoms with van der Waals surface area (Å²) in [4.78, 5) is 4.15. The maximum absolute atomic E-state index is 13.4. The Bertz CT molecular complexity index is 619. The normalized spacial score (nSPS) is 13.4. The quantitative estimate of drug-likeness (QED) is 0.878. The fourth-order valence-corrected chi connectivity index (χ4v) is 2.12.